The molecule has 2 aromatic rings. The Bertz CT molecular complexity index is 1580. The monoisotopic (exact) mass is 601 g/mol. The quantitative estimate of drug-likeness (QED) is 0.391. The third-order valence-electron chi connectivity index (χ3n) is 8.47. The molecule has 3 heterocycles. The highest BCUT2D eigenvalue weighted by Gasteiger charge is 2.58. The van der Waals surface area contributed by atoms with Crippen molar-refractivity contribution >= 4 is 17.4 Å². The van der Waals surface area contributed by atoms with Crippen molar-refractivity contribution in [1.82, 2.24) is 20.3 Å². The van der Waals surface area contributed by atoms with Crippen LogP contribution in [0.4, 0.5) is 22.0 Å². The van der Waals surface area contributed by atoms with Crippen LogP contribution in [-0.4, -0.2) is 56.3 Å². The summed E-state index contributed by atoms with van der Waals surface area (Å²) in [5, 5.41) is 26.0. The van der Waals surface area contributed by atoms with Gasteiger partial charge >= 0.3 is 6.18 Å². The number of allylic oxidation sites excluding steroid dienone is 3. The molecule has 2 fully saturated rings. The number of hydrogen-bond donors (Lipinski definition) is 2. The first-order valence-corrected chi connectivity index (χ1v) is 13.6. The first kappa shape index (κ1) is 30.3. The van der Waals surface area contributed by atoms with Gasteiger partial charge in [-0.2, -0.15) is 18.4 Å². The van der Waals surface area contributed by atoms with Gasteiger partial charge in [-0.05, 0) is 45.2 Å². The average molecular weight is 602 g/mol. The van der Waals surface area contributed by atoms with E-state index in [0.717, 1.165) is 17.2 Å². The Morgan fingerprint density at radius 3 is 2.74 bits per heavy atom. The summed E-state index contributed by atoms with van der Waals surface area (Å²) in [7, 11) is 0. The number of halogens is 5. The molecule has 0 saturated carbocycles. The molecule has 226 valence electrons. The first-order valence-electron chi connectivity index (χ1n) is 13.6. The average Bonchev–Trinajstić information content (AvgIpc) is 3.36. The number of aryl methyl sites for hydroxylation is 1. The van der Waals surface area contributed by atoms with Crippen molar-refractivity contribution in [3.05, 3.63) is 82.3 Å². The minimum Gasteiger partial charge on any atom is -0.390 e. The van der Waals surface area contributed by atoms with E-state index in [0.29, 0.717) is 25.1 Å². The molecule has 0 radical (unpaired) electrons. The summed E-state index contributed by atoms with van der Waals surface area (Å²) in [5.74, 6) is -7.67. The second-order valence-corrected chi connectivity index (χ2v) is 11.2. The van der Waals surface area contributed by atoms with Gasteiger partial charge in [0.15, 0.2) is 11.6 Å². The molecule has 2 amide bonds. The standard InChI is InChI=1S/C30H28F5N5O3/c1-16-18(13-36)11-19(14-37-16)21-12-20(30(33,34)35)7-8-23(21)38-27(42)24-26(41)29(2)9-4-10-40(29)39(28(24)43)15-17-5-3-6-22(31)25(17)32/h3,5-6,8,11-12,14,20,24,26,41H,4,7,9-10,15H2,1-2H3,(H,38,42). The van der Waals surface area contributed by atoms with Crippen molar-refractivity contribution in [2.75, 3.05) is 6.54 Å². The molecule has 2 saturated heterocycles. The minimum absolute atomic E-state index is 0.0400. The van der Waals surface area contributed by atoms with Crippen molar-refractivity contribution in [1.29, 1.82) is 5.26 Å². The number of nitriles is 1. The van der Waals surface area contributed by atoms with Crippen LogP contribution in [0, 0.1) is 41.7 Å². The number of fused-ring (bicyclic) bond motifs is 1. The van der Waals surface area contributed by atoms with E-state index in [1.165, 1.54) is 30.5 Å². The highest BCUT2D eigenvalue weighted by atomic mass is 19.4. The summed E-state index contributed by atoms with van der Waals surface area (Å²) in [6.45, 7) is 3.15. The Hall–Kier alpha value is -4.15. The fourth-order valence-corrected chi connectivity index (χ4v) is 6.01. The van der Waals surface area contributed by atoms with Crippen molar-refractivity contribution in [2.24, 2.45) is 11.8 Å². The van der Waals surface area contributed by atoms with Gasteiger partial charge in [0, 0.05) is 35.1 Å². The molecular formula is C30H28F5N5O3. The predicted octanol–water partition coefficient (Wildman–Crippen LogP) is 4.29. The second kappa shape index (κ2) is 11.2. The molecule has 4 unspecified atom stereocenters. The molecule has 0 bridgehead atoms. The molecule has 2 N–H and O–H groups in total. The minimum atomic E-state index is -4.59. The lowest BCUT2D eigenvalue weighted by atomic mass is 9.80. The number of nitrogens with one attached hydrogen (secondary N) is 1. The maximum Gasteiger partial charge on any atom is 0.395 e. The SMILES string of the molecule is Cc1ncc(C2=CC(C(F)(F)F)CC=C2NC(=O)C2C(=O)N(Cc3cccc(F)c3F)N3CCCC3(C)C2O)cc1C#N. The first-order chi connectivity index (χ1) is 20.3. The molecule has 1 aliphatic carbocycles. The van der Waals surface area contributed by atoms with Gasteiger partial charge in [0.1, 0.15) is 12.0 Å². The molecular weight excluding hydrogens is 573 g/mol. The number of pyridine rings is 1. The number of carbonyl (C=O) groups excluding carboxylic acids is 2. The lowest BCUT2D eigenvalue weighted by Gasteiger charge is -2.52. The van der Waals surface area contributed by atoms with E-state index in [1.54, 1.807) is 18.9 Å². The van der Waals surface area contributed by atoms with Gasteiger partial charge in [0.05, 0.1) is 35.4 Å². The molecule has 1 aromatic heterocycles. The van der Waals surface area contributed by atoms with E-state index in [1.807, 2.05) is 6.07 Å². The zero-order chi connectivity index (χ0) is 31.3. The number of alkyl halides is 3. The number of aliphatic hydroxyl groups is 1. The van der Waals surface area contributed by atoms with Crippen molar-refractivity contribution in [2.45, 2.75) is 57.5 Å². The molecule has 43 heavy (non-hydrogen) atoms. The molecule has 0 spiro atoms. The Morgan fingerprint density at radius 2 is 2.05 bits per heavy atom. The van der Waals surface area contributed by atoms with Crippen LogP contribution in [-0.2, 0) is 16.1 Å². The number of hydrogen-bond acceptors (Lipinski definition) is 6. The summed E-state index contributed by atoms with van der Waals surface area (Å²) in [5.41, 5.74) is -0.677. The van der Waals surface area contributed by atoms with Crippen molar-refractivity contribution in [3.8, 4) is 6.07 Å². The van der Waals surface area contributed by atoms with Crippen LogP contribution in [0.2, 0.25) is 0 Å². The Morgan fingerprint density at radius 1 is 1.30 bits per heavy atom. The van der Waals surface area contributed by atoms with Crippen LogP contribution in [0.3, 0.4) is 0 Å². The summed E-state index contributed by atoms with van der Waals surface area (Å²) in [6, 6.07) is 6.84. The van der Waals surface area contributed by atoms with Crippen LogP contribution in [0.5, 0.6) is 0 Å². The number of carbonyl (C=O) groups is 2. The van der Waals surface area contributed by atoms with Gasteiger partial charge in [-0.3, -0.25) is 19.6 Å². The van der Waals surface area contributed by atoms with Gasteiger partial charge in [-0.25, -0.2) is 13.8 Å². The molecule has 4 atom stereocenters. The fourth-order valence-electron chi connectivity index (χ4n) is 6.01. The molecule has 2 aliphatic heterocycles. The molecule has 3 aliphatic rings. The zero-order valence-corrected chi connectivity index (χ0v) is 23.3. The zero-order valence-electron chi connectivity index (χ0n) is 23.3. The number of amides is 2. The summed E-state index contributed by atoms with van der Waals surface area (Å²) >= 11 is 0. The van der Waals surface area contributed by atoms with E-state index in [9.17, 15) is 41.9 Å². The van der Waals surface area contributed by atoms with Crippen LogP contribution in [0.25, 0.3) is 5.57 Å². The molecule has 5 rings (SSSR count). The molecule has 13 heteroatoms. The van der Waals surface area contributed by atoms with E-state index >= 15 is 0 Å². The Labute approximate surface area is 244 Å². The summed E-state index contributed by atoms with van der Waals surface area (Å²) in [6.07, 6.45) is -2.26. The van der Waals surface area contributed by atoms with Gasteiger partial charge in [-0.15, -0.1) is 0 Å². The molecule has 1 aromatic carbocycles. The Kier molecular flexibility index (Phi) is 7.87. The van der Waals surface area contributed by atoms with Crippen LogP contribution in [0.15, 0.2) is 48.3 Å². The van der Waals surface area contributed by atoms with E-state index in [2.05, 4.69) is 10.3 Å². The summed E-state index contributed by atoms with van der Waals surface area (Å²) in [4.78, 5) is 31.6. The van der Waals surface area contributed by atoms with E-state index in [4.69, 9.17) is 0 Å². The van der Waals surface area contributed by atoms with Gasteiger partial charge in [0.25, 0.3) is 5.91 Å². The maximum absolute atomic E-state index is 14.6. The number of aromatic nitrogens is 1. The maximum atomic E-state index is 14.6. The third kappa shape index (κ3) is 5.41. The lowest BCUT2D eigenvalue weighted by molar-refractivity contribution is -0.204. The Balaban J connectivity index is 1.48. The number of aliphatic hydroxyl groups excluding tert-OH is 1. The smallest absolute Gasteiger partial charge is 0.390 e. The second-order valence-electron chi connectivity index (χ2n) is 11.2. The predicted molar refractivity (Wildman–Crippen MR) is 143 cm³/mol. The highest BCUT2D eigenvalue weighted by molar-refractivity contribution is 6.03. The number of nitrogens with zero attached hydrogens (tertiary/aromatic N) is 4. The number of hydrazine groups is 1. The van der Waals surface area contributed by atoms with Crippen molar-refractivity contribution < 1.29 is 36.6 Å². The van der Waals surface area contributed by atoms with Crippen molar-refractivity contribution in [3.63, 3.8) is 0 Å². The number of rotatable bonds is 5. The van der Waals surface area contributed by atoms with Crippen LogP contribution >= 0.6 is 0 Å². The van der Waals surface area contributed by atoms with E-state index in [-0.39, 0.29) is 28.0 Å². The molecule has 8 nitrogen and oxygen atoms in total. The summed E-state index contributed by atoms with van der Waals surface area (Å²) < 4.78 is 69.6. The largest absolute Gasteiger partial charge is 0.395 e. The van der Waals surface area contributed by atoms with Gasteiger partial charge in [-0.1, -0.05) is 24.3 Å². The van der Waals surface area contributed by atoms with E-state index < -0.39 is 66.1 Å². The normalized spacial score (nSPS) is 26.0. The lowest BCUT2D eigenvalue weighted by Crippen LogP contribution is -2.70. The highest BCUT2D eigenvalue weighted by Crippen LogP contribution is 2.43. The van der Waals surface area contributed by atoms with Crippen LogP contribution in [0.1, 0.15) is 48.6 Å². The number of benzene rings is 1. The van der Waals surface area contributed by atoms with Gasteiger partial charge < -0.3 is 10.4 Å². The third-order valence-corrected chi connectivity index (χ3v) is 8.47. The van der Waals surface area contributed by atoms with Gasteiger partial charge in [0.2, 0.25) is 5.91 Å². The van der Waals surface area contributed by atoms with Crippen LogP contribution < -0.4 is 5.32 Å². The fraction of sp³-hybridized carbons (Fsp3) is 0.400. The topological polar surface area (TPSA) is 110 Å².